The largest absolute Gasteiger partial charge is 0.367 e. The molecule has 0 bridgehead atoms. The summed E-state index contributed by atoms with van der Waals surface area (Å²) in [5.41, 5.74) is 8.35. The zero-order valence-electron chi connectivity index (χ0n) is 9.32. The molecule has 2 aliphatic rings. The molecule has 0 amide bonds. The van der Waals surface area contributed by atoms with Gasteiger partial charge in [-0.15, -0.1) is 0 Å². The van der Waals surface area contributed by atoms with Crippen LogP contribution in [-0.2, 0) is 6.42 Å². The van der Waals surface area contributed by atoms with Gasteiger partial charge in [0.25, 0.3) is 0 Å². The highest BCUT2D eigenvalue weighted by atomic mass is 19.1. The van der Waals surface area contributed by atoms with Crippen LogP contribution < -0.4 is 10.6 Å². The molecule has 86 valence electrons. The number of benzene rings is 1. The molecule has 0 radical (unpaired) electrons. The van der Waals surface area contributed by atoms with Gasteiger partial charge in [0.1, 0.15) is 5.82 Å². The second-order valence-corrected chi connectivity index (χ2v) is 4.96. The van der Waals surface area contributed by atoms with Crippen LogP contribution in [0.1, 0.15) is 24.8 Å². The van der Waals surface area contributed by atoms with E-state index < -0.39 is 0 Å². The van der Waals surface area contributed by atoms with Crippen molar-refractivity contribution in [1.29, 1.82) is 0 Å². The molecule has 2 nitrogen and oxygen atoms in total. The van der Waals surface area contributed by atoms with Crippen molar-refractivity contribution in [3.63, 3.8) is 0 Å². The van der Waals surface area contributed by atoms with Crippen LogP contribution in [0.5, 0.6) is 0 Å². The molecule has 1 aromatic carbocycles. The van der Waals surface area contributed by atoms with Crippen molar-refractivity contribution in [2.24, 2.45) is 5.73 Å². The molecule has 1 fully saturated rings. The van der Waals surface area contributed by atoms with Crippen LogP contribution in [-0.4, -0.2) is 18.6 Å². The van der Waals surface area contributed by atoms with Crippen LogP contribution in [0, 0.1) is 5.82 Å². The van der Waals surface area contributed by atoms with Crippen molar-refractivity contribution in [3.05, 3.63) is 29.6 Å². The number of piperidine rings is 1. The SMILES string of the molecule is NC1CCC2CCc3ccc(F)cc3N2C1. The Balaban J connectivity index is 1.99. The third kappa shape index (κ3) is 1.59. The van der Waals surface area contributed by atoms with E-state index in [1.165, 1.54) is 12.0 Å². The quantitative estimate of drug-likeness (QED) is 0.725. The van der Waals surface area contributed by atoms with Gasteiger partial charge in [0, 0.05) is 24.3 Å². The minimum absolute atomic E-state index is 0.140. The number of hydrogen-bond donors (Lipinski definition) is 1. The number of nitrogens with zero attached hydrogens (tertiary/aromatic N) is 1. The molecule has 0 spiro atoms. The second-order valence-electron chi connectivity index (χ2n) is 4.96. The molecule has 2 N–H and O–H groups in total. The fraction of sp³-hybridized carbons (Fsp3) is 0.538. The highest BCUT2D eigenvalue weighted by molar-refractivity contribution is 5.57. The van der Waals surface area contributed by atoms with E-state index in [0.29, 0.717) is 6.04 Å². The van der Waals surface area contributed by atoms with Gasteiger partial charge in [-0.3, -0.25) is 0 Å². The van der Waals surface area contributed by atoms with Gasteiger partial charge in [-0.1, -0.05) is 6.07 Å². The van der Waals surface area contributed by atoms with Gasteiger partial charge in [-0.05, 0) is 43.4 Å². The number of fused-ring (bicyclic) bond motifs is 3. The first-order chi connectivity index (χ1) is 7.74. The van der Waals surface area contributed by atoms with Gasteiger partial charge >= 0.3 is 0 Å². The average molecular weight is 220 g/mol. The maximum absolute atomic E-state index is 13.3. The fourth-order valence-corrected chi connectivity index (χ4v) is 2.99. The molecule has 1 aromatic rings. The molecule has 0 aliphatic carbocycles. The van der Waals surface area contributed by atoms with E-state index in [2.05, 4.69) is 4.90 Å². The van der Waals surface area contributed by atoms with Crippen LogP contribution >= 0.6 is 0 Å². The average Bonchev–Trinajstić information content (AvgIpc) is 2.29. The van der Waals surface area contributed by atoms with E-state index in [-0.39, 0.29) is 11.9 Å². The summed E-state index contributed by atoms with van der Waals surface area (Å²) >= 11 is 0. The minimum atomic E-state index is -0.140. The summed E-state index contributed by atoms with van der Waals surface area (Å²) in [6, 6.07) is 5.96. The Kier molecular flexibility index (Phi) is 2.36. The maximum Gasteiger partial charge on any atom is 0.125 e. The molecule has 3 rings (SSSR count). The molecule has 2 heterocycles. The minimum Gasteiger partial charge on any atom is -0.367 e. The first kappa shape index (κ1) is 10.1. The van der Waals surface area contributed by atoms with Crippen molar-refractivity contribution in [2.75, 3.05) is 11.4 Å². The van der Waals surface area contributed by atoms with Gasteiger partial charge in [0.2, 0.25) is 0 Å². The topological polar surface area (TPSA) is 29.3 Å². The molecule has 2 atom stereocenters. The Hall–Kier alpha value is -1.09. The van der Waals surface area contributed by atoms with Crippen molar-refractivity contribution >= 4 is 5.69 Å². The Morgan fingerprint density at radius 2 is 2.12 bits per heavy atom. The van der Waals surface area contributed by atoms with Crippen LogP contribution in [0.3, 0.4) is 0 Å². The van der Waals surface area contributed by atoms with Crippen molar-refractivity contribution in [1.82, 2.24) is 0 Å². The van der Waals surface area contributed by atoms with Gasteiger partial charge in [-0.2, -0.15) is 0 Å². The molecule has 0 saturated carbocycles. The van der Waals surface area contributed by atoms with Gasteiger partial charge in [0.15, 0.2) is 0 Å². The predicted octanol–water partition coefficient (Wildman–Crippen LogP) is 2.07. The zero-order chi connectivity index (χ0) is 11.1. The Morgan fingerprint density at radius 3 is 3.00 bits per heavy atom. The lowest BCUT2D eigenvalue weighted by Gasteiger charge is -2.44. The third-order valence-corrected chi connectivity index (χ3v) is 3.85. The summed E-state index contributed by atoms with van der Waals surface area (Å²) < 4.78 is 13.3. The number of hydrogen-bond acceptors (Lipinski definition) is 2. The van der Waals surface area contributed by atoms with E-state index in [4.69, 9.17) is 5.73 Å². The first-order valence-electron chi connectivity index (χ1n) is 6.04. The maximum atomic E-state index is 13.3. The summed E-state index contributed by atoms with van der Waals surface area (Å²) in [5, 5.41) is 0. The highest BCUT2D eigenvalue weighted by Gasteiger charge is 2.31. The second kappa shape index (κ2) is 3.74. The molecule has 1 saturated heterocycles. The third-order valence-electron chi connectivity index (χ3n) is 3.85. The summed E-state index contributed by atoms with van der Waals surface area (Å²) in [5.74, 6) is -0.140. The molecule has 2 unspecified atom stereocenters. The number of halogens is 1. The predicted molar refractivity (Wildman–Crippen MR) is 63.1 cm³/mol. The zero-order valence-corrected chi connectivity index (χ0v) is 9.32. The van der Waals surface area contributed by atoms with Crippen molar-refractivity contribution in [3.8, 4) is 0 Å². The van der Waals surface area contributed by atoms with E-state index in [9.17, 15) is 4.39 Å². The van der Waals surface area contributed by atoms with Crippen LogP contribution in [0.15, 0.2) is 18.2 Å². The molecular weight excluding hydrogens is 203 g/mol. The normalized spacial score (nSPS) is 28.5. The molecular formula is C13H17FN2. The Labute approximate surface area is 95.2 Å². The van der Waals surface area contributed by atoms with Gasteiger partial charge in [-0.25, -0.2) is 4.39 Å². The van der Waals surface area contributed by atoms with Crippen LogP contribution in [0.2, 0.25) is 0 Å². The summed E-state index contributed by atoms with van der Waals surface area (Å²) in [7, 11) is 0. The lowest BCUT2D eigenvalue weighted by Crippen LogP contribution is -2.50. The van der Waals surface area contributed by atoms with Gasteiger partial charge in [0.05, 0.1) is 0 Å². The molecule has 2 aliphatic heterocycles. The van der Waals surface area contributed by atoms with E-state index in [1.54, 1.807) is 12.1 Å². The van der Waals surface area contributed by atoms with Gasteiger partial charge < -0.3 is 10.6 Å². The Bertz CT molecular complexity index is 405. The van der Waals surface area contributed by atoms with Crippen molar-refractivity contribution in [2.45, 2.75) is 37.8 Å². The first-order valence-corrected chi connectivity index (χ1v) is 6.04. The lowest BCUT2D eigenvalue weighted by atomic mass is 9.88. The molecule has 0 aromatic heterocycles. The van der Waals surface area contributed by atoms with E-state index in [1.807, 2.05) is 6.07 Å². The highest BCUT2D eigenvalue weighted by Crippen LogP contribution is 2.35. The smallest absolute Gasteiger partial charge is 0.125 e. The number of anilines is 1. The number of rotatable bonds is 0. The molecule has 3 heteroatoms. The molecule has 16 heavy (non-hydrogen) atoms. The lowest BCUT2D eigenvalue weighted by molar-refractivity contribution is 0.390. The van der Waals surface area contributed by atoms with Crippen molar-refractivity contribution < 1.29 is 4.39 Å². The monoisotopic (exact) mass is 220 g/mol. The summed E-state index contributed by atoms with van der Waals surface area (Å²) in [6.07, 6.45) is 4.51. The fourth-order valence-electron chi connectivity index (χ4n) is 2.99. The number of nitrogens with two attached hydrogens (primary N) is 1. The number of aryl methyl sites for hydroxylation is 1. The summed E-state index contributed by atoms with van der Waals surface area (Å²) in [6.45, 7) is 0.876. The summed E-state index contributed by atoms with van der Waals surface area (Å²) in [4.78, 5) is 2.32. The van der Waals surface area contributed by atoms with E-state index >= 15 is 0 Å². The Morgan fingerprint density at radius 1 is 1.25 bits per heavy atom. The van der Waals surface area contributed by atoms with E-state index in [0.717, 1.165) is 31.5 Å². The standard InChI is InChI=1S/C13H17FN2/c14-10-3-1-9-2-5-12-6-4-11(15)8-16(12)13(9)7-10/h1,3,7,11-12H,2,4-6,8,15H2. The van der Waals surface area contributed by atoms with Crippen LogP contribution in [0.25, 0.3) is 0 Å². The van der Waals surface area contributed by atoms with Crippen LogP contribution in [0.4, 0.5) is 10.1 Å².